The number of fused-ring (bicyclic) bond motifs is 1. The first-order valence-corrected chi connectivity index (χ1v) is 7.86. The molecule has 124 valence electrons. The molecule has 0 saturated carbocycles. The van der Waals surface area contributed by atoms with Gasteiger partial charge in [-0.15, -0.1) is 0 Å². The zero-order chi connectivity index (χ0) is 17.1. The highest BCUT2D eigenvalue weighted by atomic mass is 16.5. The number of aliphatic imine (C=N–C) groups is 1. The summed E-state index contributed by atoms with van der Waals surface area (Å²) in [4.78, 5) is 18.8. The number of benzodiazepines with no additional fused rings is 1. The highest BCUT2D eigenvalue weighted by molar-refractivity contribution is 6.20. The quantitative estimate of drug-likeness (QED) is 0.869. The Labute approximate surface area is 141 Å². The van der Waals surface area contributed by atoms with Crippen molar-refractivity contribution in [3.8, 4) is 11.5 Å². The Kier molecular flexibility index (Phi) is 4.51. The van der Waals surface area contributed by atoms with Crippen LogP contribution in [0.1, 0.15) is 18.1 Å². The van der Waals surface area contributed by atoms with Gasteiger partial charge in [0.1, 0.15) is 6.54 Å². The summed E-state index contributed by atoms with van der Waals surface area (Å²) in [6.45, 7) is 2.64. The molecular weight excluding hydrogens is 304 g/mol. The van der Waals surface area contributed by atoms with Crippen molar-refractivity contribution in [3.63, 3.8) is 0 Å². The van der Waals surface area contributed by atoms with E-state index < -0.39 is 0 Å². The molecule has 0 fully saturated rings. The smallest absolute Gasteiger partial charge is 0.248 e. The van der Waals surface area contributed by atoms with Gasteiger partial charge < -0.3 is 14.4 Å². The second kappa shape index (κ2) is 6.74. The molecule has 24 heavy (non-hydrogen) atoms. The largest absolute Gasteiger partial charge is 0.493 e. The van der Waals surface area contributed by atoms with Crippen molar-refractivity contribution >= 4 is 17.3 Å². The van der Waals surface area contributed by atoms with Gasteiger partial charge in [-0.05, 0) is 13.0 Å². The molecule has 5 nitrogen and oxygen atoms in total. The van der Waals surface area contributed by atoms with Crippen LogP contribution in [0.4, 0.5) is 5.69 Å². The maximum absolute atomic E-state index is 12.5. The SMILES string of the molecule is CCN1C(=O)CN=C(c2ccccc2)c2cc(OC)c(OC)cc21. The van der Waals surface area contributed by atoms with Crippen LogP contribution in [0.2, 0.25) is 0 Å². The highest BCUT2D eigenvalue weighted by Crippen LogP contribution is 2.37. The molecule has 2 aromatic rings. The average molecular weight is 324 g/mol. The van der Waals surface area contributed by atoms with Gasteiger partial charge >= 0.3 is 0 Å². The van der Waals surface area contributed by atoms with E-state index in [0.29, 0.717) is 18.0 Å². The molecule has 0 N–H and O–H groups in total. The molecule has 0 radical (unpaired) electrons. The number of methoxy groups -OCH3 is 2. The normalized spacial score (nSPS) is 13.9. The maximum Gasteiger partial charge on any atom is 0.248 e. The molecule has 2 aromatic carbocycles. The Hall–Kier alpha value is -2.82. The van der Waals surface area contributed by atoms with E-state index in [-0.39, 0.29) is 12.5 Å². The number of carbonyl (C=O) groups is 1. The van der Waals surface area contributed by atoms with Gasteiger partial charge in [-0.1, -0.05) is 30.3 Å². The van der Waals surface area contributed by atoms with E-state index >= 15 is 0 Å². The van der Waals surface area contributed by atoms with Crippen molar-refractivity contribution in [1.29, 1.82) is 0 Å². The number of hydrogen-bond donors (Lipinski definition) is 0. The number of hydrogen-bond acceptors (Lipinski definition) is 4. The van der Waals surface area contributed by atoms with E-state index in [1.807, 2.05) is 49.4 Å². The van der Waals surface area contributed by atoms with Crippen LogP contribution in [0, 0.1) is 0 Å². The van der Waals surface area contributed by atoms with Crippen LogP contribution < -0.4 is 14.4 Å². The number of benzene rings is 2. The van der Waals surface area contributed by atoms with Crippen molar-refractivity contribution < 1.29 is 14.3 Å². The minimum atomic E-state index is -0.0306. The Morgan fingerprint density at radius 2 is 1.75 bits per heavy atom. The second-order valence-electron chi connectivity index (χ2n) is 5.39. The Bertz CT molecular complexity index is 785. The summed E-state index contributed by atoms with van der Waals surface area (Å²) in [5, 5.41) is 0. The summed E-state index contributed by atoms with van der Waals surface area (Å²) in [5.74, 6) is 1.18. The number of anilines is 1. The molecule has 0 aromatic heterocycles. The molecule has 0 spiro atoms. The lowest BCUT2D eigenvalue weighted by atomic mass is 9.99. The first-order valence-electron chi connectivity index (χ1n) is 7.86. The molecule has 1 aliphatic rings. The molecule has 3 rings (SSSR count). The first-order chi connectivity index (χ1) is 11.7. The van der Waals surface area contributed by atoms with Gasteiger partial charge in [0.15, 0.2) is 11.5 Å². The van der Waals surface area contributed by atoms with Gasteiger partial charge in [-0.2, -0.15) is 0 Å². The third-order valence-electron chi connectivity index (χ3n) is 4.08. The highest BCUT2D eigenvalue weighted by Gasteiger charge is 2.26. The second-order valence-corrected chi connectivity index (χ2v) is 5.39. The van der Waals surface area contributed by atoms with Gasteiger partial charge in [0, 0.05) is 23.7 Å². The number of nitrogens with zero attached hydrogens (tertiary/aromatic N) is 2. The summed E-state index contributed by atoms with van der Waals surface area (Å²) in [6, 6.07) is 13.6. The third-order valence-corrected chi connectivity index (χ3v) is 4.08. The van der Waals surface area contributed by atoms with Crippen molar-refractivity contribution in [2.75, 3.05) is 32.2 Å². The fourth-order valence-corrected chi connectivity index (χ4v) is 2.92. The lowest BCUT2D eigenvalue weighted by molar-refractivity contribution is -0.117. The summed E-state index contributed by atoms with van der Waals surface area (Å²) >= 11 is 0. The van der Waals surface area contributed by atoms with Gasteiger partial charge in [0.2, 0.25) is 5.91 Å². The average Bonchev–Trinajstić information content (AvgIpc) is 2.76. The Morgan fingerprint density at radius 3 is 2.38 bits per heavy atom. The fraction of sp³-hybridized carbons (Fsp3) is 0.263. The molecule has 1 aliphatic heterocycles. The Morgan fingerprint density at radius 1 is 1.08 bits per heavy atom. The van der Waals surface area contributed by atoms with Gasteiger partial charge in [0.25, 0.3) is 0 Å². The number of carbonyl (C=O) groups excluding carboxylic acids is 1. The van der Waals surface area contributed by atoms with Crippen LogP contribution in [0.3, 0.4) is 0 Å². The number of amides is 1. The van der Waals surface area contributed by atoms with Crippen LogP contribution >= 0.6 is 0 Å². The number of rotatable bonds is 4. The van der Waals surface area contributed by atoms with Crippen LogP contribution in [-0.2, 0) is 4.79 Å². The van der Waals surface area contributed by atoms with E-state index in [9.17, 15) is 4.79 Å². The molecule has 0 bridgehead atoms. The maximum atomic E-state index is 12.5. The van der Waals surface area contributed by atoms with E-state index in [0.717, 1.165) is 22.5 Å². The van der Waals surface area contributed by atoms with Crippen LogP contribution in [0.15, 0.2) is 47.5 Å². The topological polar surface area (TPSA) is 51.1 Å². The molecule has 0 saturated heterocycles. The number of likely N-dealkylation sites (N-methyl/N-ethyl adjacent to an activating group) is 1. The molecule has 0 unspecified atom stereocenters. The van der Waals surface area contributed by atoms with E-state index in [1.165, 1.54) is 0 Å². The fourth-order valence-electron chi connectivity index (χ4n) is 2.92. The lowest BCUT2D eigenvalue weighted by Crippen LogP contribution is -2.32. The third kappa shape index (κ3) is 2.73. The summed E-state index contributed by atoms with van der Waals surface area (Å²) in [7, 11) is 3.19. The minimum absolute atomic E-state index is 0.0306. The Balaban J connectivity index is 2.26. The van der Waals surface area contributed by atoms with Gasteiger partial charge in [-0.25, -0.2) is 0 Å². The van der Waals surface area contributed by atoms with Crippen molar-refractivity contribution in [2.45, 2.75) is 6.92 Å². The first kappa shape index (κ1) is 16.1. The van der Waals surface area contributed by atoms with Gasteiger partial charge in [0.05, 0.1) is 25.6 Å². The summed E-state index contributed by atoms with van der Waals surface area (Å²) < 4.78 is 10.8. The van der Waals surface area contributed by atoms with E-state index in [2.05, 4.69) is 4.99 Å². The van der Waals surface area contributed by atoms with Crippen molar-refractivity contribution in [1.82, 2.24) is 0 Å². The van der Waals surface area contributed by atoms with Crippen molar-refractivity contribution in [3.05, 3.63) is 53.6 Å². The van der Waals surface area contributed by atoms with Crippen molar-refractivity contribution in [2.24, 2.45) is 4.99 Å². The van der Waals surface area contributed by atoms with Crippen LogP contribution in [-0.4, -0.2) is 38.9 Å². The summed E-state index contributed by atoms with van der Waals surface area (Å²) in [6.07, 6.45) is 0. The zero-order valence-corrected chi connectivity index (χ0v) is 14.1. The van der Waals surface area contributed by atoms with Gasteiger partial charge in [-0.3, -0.25) is 9.79 Å². The zero-order valence-electron chi connectivity index (χ0n) is 14.1. The van der Waals surface area contributed by atoms with Crippen LogP contribution in [0.5, 0.6) is 11.5 Å². The molecule has 0 aliphatic carbocycles. The molecular formula is C19H20N2O3. The minimum Gasteiger partial charge on any atom is -0.493 e. The molecule has 5 heteroatoms. The number of ether oxygens (including phenoxy) is 2. The standard InChI is InChI=1S/C19H20N2O3/c1-4-21-15-11-17(24-3)16(23-2)10-14(15)19(20-12-18(21)22)13-8-6-5-7-9-13/h5-11H,4,12H2,1-3H3. The summed E-state index contributed by atoms with van der Waals surface area (Å²) in [5.41, 5.74) is 3.42. The monoisotopic (exact) mass is 324 g/mol. The predicted octanol–water partition coefficient (Wildman–Crippen LogP) is 2.91. The van der Waals surface area contributed by atoms with Crippen LogP contribution in [0.25, 0.3) is 0 Å². The van der Waals surface area contributed by atoms with E-state index in [4.69, 9.17) is 9.47 Å². The lowest BCUT2D eigenvalue weighted by Gasteiger charge is -2.23. The molecule has 0 atom stereocenters. The predicted molar refractivity (Wildman–Crippen MR) is 94.5 cm³/mol. The van der Waals surface area contributed by atoms with E-state index in [1.54, 1.807) is 19.1 Å². The molecule has 1 heterocycles. The molecule has 1 amide bonds.